The van der Waals surface area contributed by atoms with Gasteiger partial charge in [-0.15, -0.1) is 0 Å². The van der Waals surface area contributed by atoms with Gasteiger partial charge in [0.05, 0.1) is 6.61 Å². The lowest BCUT2D eigenvalue weighted by atomic mass is 10.1. The van der Waals surface area contributed by atoms with Gasteiger partial charge in [-0.2, -0.15) is 4.98 Å². The van der Waals surface area contributed by atoms with Gasteiger partial charge in [0.15, 0.2) is 5.65 Å². The molecule has 3 heterocycles. The third kappa shape index (κ3) is 5.17. The molecule has 0 bridgehead atoms. The van der Waals surface area contributed by atoms with E-state index in [9.17, 15) is 14.4 Å². The summed E-state index contributed by atoms with van der Waals surface area (Å²) >= 11 is 0. The first-order chi connectivity index (χ1) is 16.6. The number of aromatic nitrogens is 5. The third-order valence-corrected chi connectivity index (χ3v) is 5.21. The van der Waals surface area contributed by atoms with Crippen LogP contribution in [0.1, 0.15) is 24.2 Å². The van der Waals surface area contributed by atoms with Crippen molar-refractivity contribution in [1.82, 2.24) is 24.5 Å². The Kier molecular flexibility index (Phi) is 7.07. The highest BCUT2D eigenvalue weighted by Gasteiger charge is 2.27. The van der Waals surface area contributed by atoms with E-state index < -0.39 is 23.3 Å². The van der Waals surface area contributed by atoms with Crippen LogP contribution in [0.4, 0.5) is 5.95 Å². The minimum absolute atomic E-state index is 0.0870. The molecule has 4 aromatic rings. The topological polar surface area (TPSA) is 132 Å². The second-order valence-electron chi connectivity index (χ2n) is 7.52. The lowest BCUT2D eigenvalue weighted by molar-refractivity contribution is -0.147. The van der Waals surface area contributed by atoms with E-state index in [0.717, 1.165) is 15.8 Å². The van der Waals surface area contributed by atoms with Gasteiger partial charge < -0.3 is 10.1 Å². The zero-order valence-electron chi connectivity index (χ0n) is 18.6. The summed E-state index contributed by atoms with van der Waals surface area (Å²) in [5, 5.41) is 3.16. The van der Waals surface area contributed by atoms with E-state index in [1.165, 1.54) is 6.20 Å². The van der Waals surface area contributed by atoms with Crippen molar-refractivity contribution in [2.75, 3.05) is 18.5 Å². The van der Waals surface area contributed by atoms with Crippen LogP contribution in [-0.2, 0) is 22.4 Å². The van der Waals surface area contributed by atoms with Crippen molar-refractivity contribution in [1.29, 1.82) is 0 Å². The number of carbonyl (C=O) groups excluding carboxylic acids is 1. The van der Waals surface area contributed by atoms with E-state index in [1.54, 1.807) is 13.1 Å². The van der Waals surface area contributed by atoms with Crippen LogP contribution in [0.15, 0.2) is 70.5 Å². The first kappa shape index (κ1) is 22.8. The molecule has 0 aliphatic rings. The summed E-state index contributed by atoms with van der Waals surface area (Å²) in [6.07, 6.45) is 3.84. The molecular weight excluding hydrogens is 436 g/mol. The van der Waals surface area contributed by atoms with Gasteiger partial charge in [0.2, 0.25) is 5.95 Å². The number of hydrogen-bond donors (Lipinski definition) is 2. The molecule has 0 aliphatic carbocycles. The van der Waals surface area contributed by atoms with E-state index in [-0.39, 0.29) is 30.0 Å². The molecule has 0 fully saturated rings. The Labute approximate surface area is 194 Å². The molecule has 0 aliphatic heterocycles. The van der Waals surface area contributed by atoms with Gasteiger partial charge in [0.1, 0.15) is 11.4 Å². The maximum atomic E-state index is 13.2. The lowest BCUT2D eigenvalue weighted by Crippen LogP contribution is -2.42. The minimum atomic E-state index is -1.13. The van der Waals surface area contributed by atoms with E-state index in [0.29, 0.717) is 13.0 Å². The monoisotopic (exact) mass is 460 g/mol. The SMILES string of the molecule is CCOC(=O)C(Cc1ccccc1)n1c(=O)[nH]c2nc(NCCc3ccccn3)ncc2c1=O. The van der Waals surface area contributed by atoms with Crippen LogP contribution >= 0.6 is 0 Å². The second kappa shape index (κ2) is 10.5. The number of pyridine rings is 1. The van der Waals surface area contributed by atoms with Crippen molar-refractivity contribution >= 4 is 23.0 Å². The van der Waals surface area contributed by atoms with E-state index in [2.05, 4.69) is 25.3 Å². The Bertz CT molecular complexity index is 1390. The molecule has 4 rings (SSSR count). The molecule has 10 nitrogen and oxygen atoms in total. The largest absolute Gasteiger partial charge is 0.464 e. The molecule has 1 aromatic carbocycles. The lowest BCUT2D eigenvalue weighted by Gasteiger charge is -2.18. The Balaban J connectivity index is 1.63. The minimum Gasteiger partial charge on any atom is -0.464 e. The summed E-state index contributed by atoms with van der Waals surface area (Å²) < 4.78 is 6.03. The Morgan fingerprint density at radius 2 is 1.91 bits per heavy atom. The molecule has 1 unspecified atom stereocenters. The fraction of sp³-hybridized carbons (Fsp3) is 0.250. The summed E-state index contributed by atoms with van der Waals surface area (Å²) in [5.41, 5.74) is 0.382. The van der Waals surface area contributed by atoms with Crippen LogP contribution < -0.4 is 16.6 Å². The summed E-state index contributed by atoms with van der Waals surface area (Å²) in [6.45, 7) is 2.31. The van der Waals surface area contributed by atoms with Gasteiger partial charge in [-0.25, -0.2) is 19.1 Å². The van der Waals surface area contributed by atoms with Crippen molar-refractivity contribution in [3.05, 3.63) is 93.0 Å². The maximum absolute atomic E-state index is 13.2. The first-order valence-corrected chi connectivity index (χ1v) is 10.9. The number of anilines is 1. The van der Waals surface area contributed by atoms with Gasteiger partial charge in [-0.1, -0.05) is 36.4 Å². The molecule has 174 valence electrons. The number of rotatable bonds is 9. The van der Waals surface area contributed by atoms with E-state index in [1.807, 2.05) is 48.5 Å². The Morgan fingerprint density at radius 3 is 2.65 bits per heavy atom. The number of nitrogens with one attached hydrogen (secondary N) is 2. The predicted molar refractivity (Wildman–Crippen MR) is 127 cm³/mol. The molecular formula is C24H24N6O4. The first-order valence-electron chi connectivity index (χ1n) is 10.9. The quantitative estimate of drug-likeness (QED) is 0.362. The summed E-state index contributed by atoms with van der Waals surface area (Å²) in [4.78, 5) is 54.2. The highest BCUT2D eigenvalue weighted by atomic mass is 16.5. The van der Waals surface area contributed by atoms with Gasteiger partial charge >= 0.3 is 11.7 Å². The standard InChI is InChI=1S/C24H24N6O4/c1-2-34-22(32)19(14-16-8-4-3-5-9-16)30-21(31)18-15-27-23(28-20(18)29-24(30)33)26-13-11-17-10-6-7-12-25-17/h3-10,12,15,19H,2,11,13-14H2,1H3,(H2,26,27,28,29,33). The Hall–Kier alpha value is -4.34. The highest BCUT2D eigenvalue weighted by molar-refractivity contribution is 5.77. The number of fused-ring (bicyclic) bond motifs is 1. The molecule has 10 heteroatoms. The fourth-order valence-electron chi connectivity index (χ4n) is 3.59. The number of benzene rings is 1. The number of ether oxygens (including phenoxy) is 1. The summed E-state index contributed by atoms with van der Waals surface area (Å²) in [7, 11) is 0. The highest BCUT2D eigenvalue weighted by Crippen LogP contribution is 2.15. The Morgan fingerprint density at radius 1 is 1.12 bits per heavy atom. The van der Waals surface area contributed by atoms with Crippen LogP contribution in [0.3, 0.4) is 0 Å². The molecule has 2 N–H and O–H groups in total. The molecule has 0 radical (unpaired) electrons. The average Bonchev–Trinajstić information content (AvgIpc) is 2.85. The molecule has 0 saturated heterocycles. The van der Waals surface area contributed by atoms with Crippen molar-refractivity contribution < 1.29 is 9.53 Å². The van der Waals surface area contributed by atoms with Crippen molar-refractivity contribution in [2.24, 2.45) is 0 Å². The smallest absolute Gasteiger partial charge is 0.330 e. The number of nitrogens with zero attached hydrogens (tertiary/aromatic N) is 4. The van der Waals surface area contributed by atoms with Gasteiger partial charge in [0, 0.05) is 37.5 Å². The summed E-state index contributed by atoms with van der Waals surface area (Å²) in [6, 6.07) is 13.7. The van der Waals surface area contributed by atoms with E-state index >= 15 is 0 Å². The van der Waals surface area contributed by atoms with Crippen LogP contribution in [0.5, 0.6) is 0 Å². The van der Waals surface area contributed by atoms with Crippen LogP contribution in [0, 0.1) is 0 Å². The van der Waals surface area contributed by atoms with E-state index in [4.69, 9.17) is 4.74 Å². The fourth-order valence-corrected chi connectivity index (χ4v) is 3.59. The predicted octanol–water partition coefficient (Wildman–Crippen LogP) is 1.88. The van der Waals surface area contributed by atoms with Crippen LogP contribution in [0.25, 0.3) is 11.0 Å². The van der Waals surface area contributed by atoms with Gasteiger partial charge in [-0.3, -0.25) is 14.8 Å². The number of H-pyrrole nitrogens is 1. The second-order valence-corrected chi connectivity index (χ2v) is 7.52. The van der Waals surface area contributed by atoms with Gasteiger partial charge in [0.25, 0.3) is 5.56 Å². The zero-order valence-corrected chi connectivity index (χ0v) is 18.6. The molecule has 0 amide bonds. The molecule has 3 aromatic heterocycles. The summed E-state index contributed by atoms with van der Waals surface area (Å²) in [5.74, 6) is -0.394. The molecule has 34 heavy (non-hydrogen) atoms. The average molecular weight is 460 g/mol. The third-order valence-electron chi connectivity index (χ3n) is 5.21. The van der Waals surface area contributed by atoms with Gasteiger partial charge in [-0.05, 0) is 24.6 Å². The maximum Gasteiger partial charge on any atom is 0.330 e. The number of aromatic amines is 1. The number of hydrogen-bond acceptors (Lipinski definition) is 8. The molecule has 0 saturated carbocycles. The molecule has 1 atom stereocenters. The van der Waals surface area contributed by atoms with Crippen molar-refractivity contribution in [2.45, 2.75) is 25.8 Å². The molecule has 0 spiro atoms. The van der Waals surface area contributed by atoms with Crippen LogP contribution in [0.2, 0.25) is 0 Å². The van der Waals surface area contributed by atoms with Crippen molar-refractivity contribution in [3.8, 4) is 0 Å². The normalized spacial score (nSPS) is 11.8. The zero-order chi connectivity index (χ0) is 23.9. The number of carbonyl (C=O) groups is 1. The van der Waals surface area contributed by atoms with Crippen LogP contribution in [-0.4, -0.2) is 43.6 Å². The van der Waals surface area contributed by atoms with Crippen molar-refractivity contribution in [3.63, 3.8) is 0 Å². The number of esters is 1.